The maximum atomic E-state index is 12.3. The first-order valence-corrected chi connectivity index (χ1v) is 9.74. The molecule has 2 rings (SSSR count). The quantitative estimate of drug-likeness (QED) is 0.640. The van der Waals surface area contributed by atoms with E-state index in [9.17, 15) is 19.8 Å². The first kappa shape index (κ1) is 22.0. The van der Waals surface area contributed by atoms with Crippen molar-refractivity contribution in [3.8, 4) is 0 Å². The van der Waals surface area contributed by atoms with Crippen LogP contribution in [0.1, 0.15) is 40.2 Å². The number of carboxylic acids is 2. The predicted octanol–water partition coefficient (Wildman–Crippen LogP) is 5.69. The third-order valence-electron chi connectivity index (χ3n) is 5.26. The number of hydrogen-bond donors (Lipinski definition) is 2. The molecule has 0 fully saturated rings. The average molecular weight is 403 g/mol. The second kappa shape index (κ2) is 8.36. The van der Waals surface area contributed by atoms with Crippen molar-refractivity contribution in [3.63, 3.8) is 0 Å². The number of halogens is 1. The number of carboxylic acid groups (broad SMARTS) is 2. The lowest BCUT2D eigenvalue weighted by Crippen LogP contribution is -2.40. The lowest BCUT2D eigenvalue weighted by atomic mass is 9.63. The Hall–Kier alpha value is -2.33. The monoisotopic (exact) mass is 402 g/mol. The highest BCUT2D eigenvalue weighted by atomic mass is 35.5. The first-order chi connectivity index (χ1) is 13.0. The van der Waals surface area contributed by atoms with E-state index in [1.165, 1.54) is 0 Å². The van der Waals surface area contributed by atoms with Gasteiger partial charge in [0.15, 0.2) is 0 Å². The van der Waals surface area contributed by atoms with Gasteiger partial charge in [-0.15, -0.1) is 0 Å². The fourth-order valence-electron chi connectivity index (χ4n) is 3.76. The van der Waals surface area contributed by atoms with Crippen molar-refractivity contribution in [1.29, 1.82) is 0 Å². The molecule has 2 N–H and O–H groups in total. The van der Waals surface area contributed by atoms with Crippen LogP contribution in [0, 0.1) is 23.2 Å². The third-order valence-corrected chi connectivity index (χ3v) is 5.51. The Balaban J connectivity index is 2.71. The number of allylic oxidation sites excluding steroid dienone is 3. The van der Waals surface area contributed by atoms with Crippen LogP contribution in [0.15, 0.2) is 53.1 Å². The van der Waals surface area contributed by atoms with E-state index < -0.39 is 23.3 Å². The molecule has 28 heavy (non-hydrogen) atoms. The van der Waals surface area contributed by atoms with E-state index in [4.69, 9.17) is 11.6 Å². The van der Waals surface area contributed by atoms with Crippen molar-refractivity contribution in [1.82, 2.24) is 0 Å². The van der Waals surface area contributed by atoms with E-state index in [0.29, 0.717) is 5.02 Å². The zero-order valence-electron chi connectivity index (χ0n) is 16.9. The zero-order chi connectivity index (χ0) is 21.2. The van der Waals surface area contributed by atoms with E-state index in [2.05, 4.69) is 0 Å². The van der Waals surface area contributed by atoms with Crippen molar-refractivity contribution < 1.29 is 19.8 Å². The van der Waals surface area contributed by atoms with Crippen LogP contribution in [0.5, 0.6) is 0 Å². The van der Waals surface area contributed by atoms with Crippen molar-refractivity contribution in [3.05, 3.63) is 63.7 Å². The number of hydrogen-bond acceptors (Lipinski definition) is 2. The molecule has 0 spiro atoms. The van der Waals surface area contributed by atoms with Gasteiger partial charge in [0, 0.05) is 16.5 Å². The van der Waals surface area contributed by atoms with Crippen molar-refractivity contribution >= 4 is 29.6 Å². The van der Waals surface area contributed by atoms with Gasteiger partial charge >= 0.3 is 11.9 Å². The molecule has 0 radical (unpaired) electrons. The molecule has 150 valence electrons. The van der Waals surface area contributed by atoms with Crippen LogP contribution >= 0.6 is 11.6 Å². The largest absolute Gasteiger partial charge is 0.481 e. The van der Waals surface area contributed by atoms with Gasteiger partial charge in [-0.2, -0.15) is 0 Å². The second-order valence-electron chi connectivity index (χ2n) is 8.02. The zero-order valence-corrected chi connectivity index (χ0v) is 17.6. The molecule has 1 aromatic rings. The molecule has 1 aromatic carbocycles. The minimum Gasteiger partial charge on any atom is -0.481 e. The maximum absolute atomic E-state index is 12.3. The lowest BCUT2D eigenvalue weighted by molar-refractivity contribution is -0.147. The number of rotatable bonds is 6. The Labute approximate surface area is 171 Å². The minimum atomic E-state index is -1.35. The lowest BCUT2D eigenvalue weighted by Gasteiger charge is -2.39. The van der Waals surface area contributed by atoms with Crippen LogP contribution in [0.25, 0.3) is 6.08 Å². The van der Waals surface area contributed by atoms with E-state index >= 15 is 0 Å². The summed E-state index contributed by atoms with van der Waals surface area (Å²) in [6.45, 7) is 9.39. The molecule has 0 heterocycles. The van der Waals surface area contributed by atoms with Crippen LogP contribution in [0.4, 0.5) is 0 Å². The van der Waals surface area contributed by atoms with Gasteiger partial charge in [0.2, 0.25) is 0 Å². The van der Waals surface area contributed by atoms with Crippen LogP contribution < -0.4 is 0 Å². The predicted molar refractivity (Wildman–Crippen MR) is 112 cm³/mol. The molecule has 0 aromatic heterocycles. The first-order valence-electron chi connectivity index (χ1n) is 9.36. The molecular formula is C23H27ClO4. The van der Waals surface area contributed by atoms with E-state index in [1.54, 1.807) is 37.3 Å². The molecule has 0 saturated carbocycles. The summed E-state index contributed by atoms with van der Waals surface area (Å²) in [5, 5.41) is 20.7. The molecule has 4 nitrogen and oxygen atoms in total. The Bertz CT molecular complexity index is 859. The fourth-order valence-corrected chi connectivity index (χ4v) is 3.88. The SMILES string of the molecule is CC(C)C1=CC(C)(C(=O)O)C(C=Cc2ccc(Cl)cc2)C(C(=O)O)=C1C(C)C. The van der Waals surface area contributed by atoms with E-state index in [0.717, 1.165) is 16.7 Å². The van der Waals surface area contributed by atoms with Gasteiger partial charge in [-0.25, -0.2) is 4.79 Å². The van der Waals surface area contributed by atoms with Gasteiger partial charge in [0.05, 0.1) is 5.41 Å². The van der Waals surface area contributed by atoms with Crippen molar-refractivity contribution in [2.24, 2.45) is 23.2 Å². The summed E-state index contributed by atoms with van der Waals surface area (Å²) in [7, 11) is 0. The Kier molecular flexibility index (Phi) is 6.56. The van der Waals surface area contributed by atoms with Crippen LogP contribution in [-0.2, 0) is 9.59 Å². The fraction of sp³-hybridized carbons (Fsp3) is 0.391. The van der Waals surface area contributed by atoms with Gasteiger partial charge in [-0.1, -0.05) is 69.7 Å². The average Bonchev–Trinajstić information content (AvgIpc) is 2.60. The Morgan fingerprint density at radius 1 is 1.07 bits per heavy atom. The highest BCUT2D eigenvalue weighted by molar-refractivity contribution is 6.30. The molecule has 2 atom stereocenters. The highest BCUT2D eigenvalue weighted by Crippen LogP contribution is 2.47. The van der Waals surface area contributed by atoms with Crippen LogP contribution in [-0.4, -0.2) is 22.2 Å². The maximum Gasteiger partial charge on any atom is 0.332 e. The molecule has 0 bridgehead atoms. The molecule has 5 heteroatoms. The summed E-state index contributed by atoms with van der Waals surface area (Å²) >= 11 is 5.92. The minimum absolute atomic E-state index is 0.0200. The number of aliphatic carboxylic acids is 2. The van der Waals surface area contributed by atoms with Crippen molar-refractivity contribution in [2.45, 2.75) is 34.6 Å². The van der Waals surface area contributed by atoms with E-state index in [1.807, 2.05) is 39.8 Å². The smallest absolute Gasteiger partial charge is 0.332 e. The third kappa shape index (κ3) is 4.22. The number of carbonyl (C=O) groups is 2. The molecule has 0 amide bonds. The van der Waals surface area contributed by atoms with Gasteiger partial charge < -0.3 is 10.2 Å². The molecule has 2 unspecified atom stereocenters. The normalized spacial score (nSPS) is 22.9. The second-order valence-corrected chi connectivity index (χ2v) is 8.45. The van der Waals surface area contributed by atoms with Crippen LogP contribution in [0.3, 0.4) is 0 Å². The van der Waals surface area contributed by atoms with Crippen molar-refractivity contribution in [2.75, 3.05) is 0 Å². The number of benzene rings is 1. The van der Waals surface area contributed by atoms with Gasteiger partial charge in [0.25, 0.3) is 0 Å². The van der Waals surface area contributed by atoms with Crippen LogP contribution in [0.2, 0.25) is 5.02 Å². The Morgan fingerprint density at radius 2 is 1.64 bits per heavy atom. The summed E-state index contributed by atoms with van der Waals surface area (Å²) in [6, 6.07) is 7.09. The Morgan fingerprint density at radius 3 is 2.07 bits per heavy atom. The highest BCUT2D eigenvalue weighted by Gasteiger charge is 2.47. The summed E-state index contributed by atoms with van der Waals surface area (Å²) in [6.07, 6.45) is 5.20. The molecule has 1 aliphatic rings. The van der Waals surface area contributed by atoms with Gasteiger partial charge in [0.1, 0.15) is 0 Å². The van der Waals surface area contributed by atoms with E-state index in [-0.39, 0.29) is 17.4 Å². The molecule has 0 saturated heterocycles. The standard InChI is InChI=1S/C23H27ClO4/c1-13(2)17-12-23(5,22(27)28)18(20(21(25)26)19(17)14(3)4)11-8-15-6-9-16(24)10-7-15/h6-14,18H,1-5H3,(H,25,26)(H,27,28). The summed E-state index contributed by atoms with van der Waals surface area (Å²) in [5.74, 6) is -2.93. The summed E-state index contributed by atoms with van der Waals surface area (Å²) in [4.78, 5) is 24.5. The molecule has 1 aliphatic carbocycles. The van der Waals surface area contributed by atoms with Gasteiger partial charge in [-0.05, 0) is 47.6 Å². The summed E-state index contributed by atoms with van der Waals surface area (Å²) in [5.41, 5.74) is 1.16. The molecule has 0 aliphatic heterocycles. The molecular weight excluding hydrogens is 376 g/mol. The van der Waals surface area contributed by atoms with Gasteiger partial charge in [-0.3, -0.25) is 4.79 Å². The topological polar surface area (TPSA) is 74.6 Å². The summed E-state index contributed by atoms with van der Waals surface area (Å²) < 4.78 is 0.